The van der Waals surface area contributed by atoms with Crippen molar-refractivity contribution >= 4 is 56.2 Å². The highest BCUT2D eigenvalue weighted by molar-refractivity contribution is 7.89. The van der Waals surface area contributed by atoms with Crippen LogP contribution in [0.3, 0.4) is 0 Å². The van der Waals surface area contributed by atoms with Gasteiger partial charge in [-0.15, -0.1) is 22.9 Å². The molecule has 1 N–H and O–H groups in total. The first-order valence-electron chi connectivity index (χ1n) is 4.81. The van der Waals surface area contributed by atoms with E-state index < -0.39 is 10.0 Å². The third kappa shape index (κ3) is 3.98. The zero-order valence-corrected chi connectivity index (χ0v) is 13.1. The molecule has 0 saturated heterocycles. The average Bonchev–Trinajstić information content (AvgIpc) is 2.56. The van der Waals surface area contributed by atoms with E-state index in [4.69, 9.17) is 34.8 Å². The summed E-state index contributed by atoms with van der Waals surface area (Å²) in [6.07, 6.45) is 0. The van der Waals surface area contributed by atoms with Gasteiger partial charge in [-0.1, -0.05) is 30.1 Å². The molecular formula is C9H12Cl3NO2S2. The van der Waals surface area contributed by atoms with E-state index >= 15 is 0 Å². The number of hydrogen-bond acceptors (Lipinski definition) is 3. The highest BCUT2D eigenvalue weighted by Gasteiger charge is 2.24. The second-order valence-electron chi connectivity index (χ2n) is 3.73. The van der Waals surface area contributed by atoms with Crippen LogP contribution in [-0.4, -0.2) is 20.3 Å². The first-order chi connectivity index (χ1) is 7.77. The van der Waals surface area contributed by atoms with Gasteiger partial charge >= 0.3 is 0 Å². The van der Waals surface area contributed by atoms with Crippen molar-refractivity contribution in [1.29, 1.82) is 0 Å². The molecule has 1 aromatic heterocycles. The lowest BCUT2D eigenvalue weighted by molar-refractivity contribution is 0.480. The molecule has 1 heterocycles. The van der Waals surface area contributed by atoms with E-state index in [1.54, 1.807) is 6.92 Å². The number of alkyl halides is 1. The summed E-state index contributed by atoms with van der Waals surface area (Å²) < 4.78 is 27.0. The summed E-state index contributed by atoms with van der Waals surface area (Å²) in [4.78, 5) is 0.0165. The predicted octanol–water partition coefficient (Wildman–Crippen LogP) is 3.60. The molecule has 8 heteroatoms. The number of sulfonamides is 1. The van der Waals surface area contributed by atoms with Crippen LogP contribution in [0.4, 0.5) is 0 Å². The largest absolute Gasteiger partial charge is 0.243 e. The molecule has 0 aliphatic rings. The Morgan fingerprint density at radius 3 is 2.41 bits per heavy atom. The molecule has 3 nitrogen and oxygen atoms in total. The highest BCUT2D eigenvalue weighted by Crippen LogP contribution is 2.34. The maximum atomic E-state index is 12.0. The summed E-state index contributed by atoms with van der Waals surface area (Å²) in [5.74, 6) is 0.404. The quantitative estimate of drug-likeness (QED) is 0.835. The lowest BCUT2D eigenvalue weighted by Gasteiger charge is -2.18. The molecule has 0 saturated carbocycles. The first-order valence-corrected chi connectivity index (χ1v) is 8.40. The zero-order chi connectivity index (χ0) is 13.2. The van der Waals surface area contributed by atoms with Crippen molar-refractivity contribution in [3.63, 3.8) is 0 Å². The Hall–Kier alpha value is 0.480. The monoisotopic (exact) mass is 335 g/mol. The minimum Gasteiger partial charge on any atom is -0.208 e. The minimum atomic E-state index is -3.64. The van der Waals surface area contributed by atoms with E-state index in [9.17, 15) is 8.42 Å². The summed E-state index contributed by atoms with van der Waals surface area (Å²) in [6.45, 7) is 3.62. The zero-order valence-electron chi connectivity index (χ0n) is 9.21. The molecule has 0 aliphatic heterocycles. The van der Waals surface area contributed by atoms with Gasteiger partial charge in [0, 0.05) is 11.9 Å². The Labute approximate surface area is 120 Å². The molecule has 98 valence electrons. The van der Waals surface area contributed by atoms with Crippen molar-refractivity contribution < 1.29 is 8.42 Å². The van der Waals surface area contributed by atoms with Gasteiger partial charge in [0.2, 0.25) is 10.0 Å². The molecule has 2 unspecified atom stereocenters. The van der Waals surface area contributed by atoms with Gasteiger partial charge in [0.25, 0.3) is 0 Å². The molecule has 1 aromatic rings. The number of rotatable bonds is 5. The van der Waals surface area contributed by atoms with Gasteiger partial charge < -0.3 is 0 Å². The van der Waals surface area contributed by atoms with Crippen LogP contribution in [0, 0.1) is 5.92 Å². The van der Waals surface area contributed by atoms with Gasteiger partial charge in [0.15, 0.2) is 0 Å². The Morgan fingerprint density at radius 2 is 2.00 bits per heavy atom. The van der Waals surface area contributed by atoms with Gasteiger partial charge in [0.05, 0.1) is 4.34 Å². The molecule has 0 aromatic carbocycles. The second-order valence-corrected chi connectivity index (χ2v) is 8.01. The predicted molar refractivity (Wildman–Crippen MR) is 74.0 cm³/mol. The van der Waals surface area contributed by atoms with E-state index in [1.807, 2.05) is 6.92 Å². The van der Waals surface area contributed by atoms with Crippen molar-refractivity contribution in [1.82, 2.24) is 4.72 Å². The van der Waals surface area contributed by atoms with Gasteiger partial charge in [-0.3, -0.25) is 0 Å². The number of hydrogen-bond donors (Lipinski definition) is 1. The summed E-state index contributed by atoms with van der Waals surface area (Å²) in [7, 11) is -3.64. The van der Waals surface area contributed by atoms with Gasteiger partial charge in [-0.25, -0.2) is 13.1 Å². The first kappa shape index (κ1) is 15.5. The van der Waals surface area contributed by atoms with Crippen LogP contribution < -0.4 is 4.72 Å². The fraction of sp³-hybridized carbons (Fsp3) is 0.556. The van der Waals surface area contributed by atoms with Gasteiger partial charge in [0.1, 0.15) is 9.23 Å². The molecule has 2 atom stereocenters. The Bertz CT molecular complexity index is 486. The van der Waals surface area contributed by atoms with Crippen molar-refractivity contribution in [2.75, 3.05) is 5.88 Å². The Kier molecular flexibility index (Phi) is 5.56. The lowest BCUT2D eigenvalue weighted by Crippen LogP contribution is -2.37. The Balaban J connectivity index is 2.93. The van der Waals surface area contributed by atoms with Crippen LogP contribution in [0.5, 0.6) is 0 Å². The summed E-state index contributed by atoms with van der Waals surface area (Å²) in [5.41, 5.74) is 0. The molecular weight excluding hydrogens is 325 g/mol. The van der Waals surface area contributed by atoms with Crippen LogP contribution in [0.15, 0.2) is 11.0 Å². The number of thiophene rings is 1. The van der Waals surface area contributed by atoms with E-state index in [1.165, 1.54) is 6.07 Å². The second kappa shape index (κ2) is 6.08. The number of halogens is 3. The lowest BCUT2D eigenvalue weighted by atomic mass is 10.1. The van der Waals surface area contributed by atoms with Gasteiger partial charge in [-0.05, 0) is 18.9 Å². The van der Waals surface area contributed by atoms with Crippen LogP contribution in [-0.2, 0) is 10.0 Å². The van der Waals surface area contributed by atoms with E-state index in [2.05, 4.69) is 4.72 Å². The van der Waals surface area contributed by atoms with Crippen molar-refractivity contribution in [2.45, 2.75) is 24.8 Å². The molecule has 0 aliphatic carbocycles. The maximum absolute atomic E-state index is 12.0. The number of nitrogens with one attached hydrogen (secondary N) is 1. The van der Waals surface area contributed by atoms with E-state index in [-0.39, 0.29) is 21.2 Å². The average molecular weight is 337 g/mol. The SMILES string of the molecule is CC(CCl)C(C)NS(=O)(=O)c1cc(Cl)sc1Cl. The molecule has 1 rings (SSSR count). The summed E-state index contributed by atoms with van der Waals surface area (Å²) in [6, 6.07) is 1.07. The fourth-order valence-electron chi connectivity index (χ4n) is 1.07. The smallest absolute Gasteiger partial charge is 0.208 e. The van der Waals surface area contributed by atoms with Gasteiger partial charge in [-0.2, -0.15) is 0 Å². The minimum absolute atomic E-state index is 0.0165. The van der Waals surface area contributed by atoms with Crippen molar-refractivity contribution in [3.8, 4) is 0 Å². The molecule has 0 bridgehead atoms. The molecule has 0 amide bonds. The molecule has 0 fully saturated rings. The third-order valence-corrected chi connectivity index (χ3v) is 6.15. The molecule has 17 heavy (non-hydrogen) atoms. The van der Waals surface area contributed by atoms with Crippen LogP contribution in [0.2, 0.25) is 8.67 Å². The van der Waals surface area contributed by atoms with E-state index in [0.29, 0.717) is 10.2 Å². The normalized spacial score (nSPS) is 15.8. The summed E-state index contributed by atoms with van der Waals surface area (Å²) >= 11 is 18.2. The topological polar surface area (TPSA) is 46.2 Å². The fourth-order valence-corrected chi connectivity index (χ4v) is 4.84. The van der Waals surface area contributed by atoms with E-state index in [0.717, 1.165) is 11.3 Å². The summed E-state index contributed by atoms with van der Waals surface area (Å²) in [5, 5.41) is 0. The standard InChI is InChI=1S/C9H12Cl3NO2S2/c1-5(4-10)6(2)13-17(14,15)7-3-8(11)16-9(7)12/h3,5-6,13H,4H2,1-2H3. The van der Waals surface area contributed by atoms with Crippen molar-refractivity contribution in [2.24, 2.45) is 5.92 Å². The van der Waals surface area contributed by atoms with Crippen LogP contribution in [0.25, 0.3) is 0 Å². The third-order valence-electron chi connectivity index (χ3n) is 2.35. The van der Waals surface area contributed by atoms with Crippen molar-refractivity contribution in [3.05, 3.63) is 14.7 Å². The van der Waals surface area contributed by atoms with Crippen LogP contribution in [0.1, 0.15) is 13.8 Å². The highest BCUT2D eigenvalue weighted by atomic mass is 35.5. The molecule has 0 radical (unpaired) electrons. The maximum Gasteiger partial charge on any atom is 0.243 e. The van der Waals surface area contributed by atoms with Crippen LogP contribution >= 0.6 is 46.1 Å². The molecule has 0 spiro atoms. The Morgan fingerprint density at radius 1 is 1.41 bits per heavy atom.